The molecule has 1 aromatic rings. The quantitative estimate of drug-likeness (QED) is 0.0333. The smallest absolute Gasteiger partial charge is 0.326 e. The fourth-order valence-corrected chi connectivity index (χ4v) is 6.96. The number of hydrogen-bond acceptors (Lipinski definition) is 12. The van der Waals surface area contributed by atoms with Gasteiger partial charge in [0.1, 0.15) is 23.9 Å². The van der Waals surface area contributed by atoms with Gasteiger partial charge in [-0.05, 0) is 95.2 Å². The minimum atomic E-state index is -1.56. The molecule has 0 heterocycles. The number of carboxylic acid groups (broad SMARTS) is 3. The number of carbonyl (C=O) groups is 9. The molecular weight excluding hydrogens is 893 g/mol. The summed E-state index contributed by atoms with van der Waals surface area (Å²) in [4.78, 5) is 109. The third-order valence-electron chi connectivity index (χ3n) is 11.3. The van der Waals surface area contributed by atoms with Crippen LogP contribution in [0.3, 0.4) is 0 Å². The highest BCUT2D eigenvalue weighted by atomic mass is 16.5. The number of unbranched alkanes of at least 4 members (excludes halogenated alkanes) is 10. The van der Waals surface area contributed by atoms with Crippen LogP contribution >= 0.6 is 0 Å². The Labute approximate surface area is 407 Å². The van der Waals surface area contributed by atoms with Crippen molar-refractivity contribution in [1.29, 1.82) is 0 Å². The summed E-state index contributed by atoms with van der Waals surface area (Å²) in [6.07, 6.45) is 9.64. The number of ether oxygens (including phenoxy) is 1. The van der Waals surface area contributed by atoms with E-state index in [0.717, 1.165) is 68.3 Å². The molecule has 5 amide bonds. The molecule has 2 radical (unpaired) electrons. The van der Waals surface area contributed by atoms with Gasteiger partial charge in [-0.2, -0.15) is 0 Å². The third-order valence-corrected chi connectivity index (χ3v) is 11.3. The van der Waals surface area contributed by atoms with Crippen LogP contribution in [0.4, 0.5) is 0 Å². The summed E-state index contributed by atoms with van der Waals surface area (Å²) in [6.45, 7) is 7.17. The van der Waals surface area contributed by atoms with E-state index in [2.05, 4.69) is 33.2 Å². The topological polar surface area (TPSA) is 336 Å². The molecule has 0 unspecified atom stereocenters. The molecule has 0 fully saturated rings. The lowest BCUT2D eigenvalue weighted by atomic mass is 9.92. The number of carbonyl (C=O) groups excluding carboxylic acids is 6. The van der Waals surface area contributed by atoms with Crippen LogP contribution in [0.25, 0.3) is 5.57 Å². The Kier molecular flexibility index (Phi) is 32.1. The van der Waals surface area contributed by atoms with Crippen molar-refractivity contribution in [3.63, 3.8) is 0 Å². The molecule has 0 aromatic heterocycles. The van der Waals surface area contributed by atoms with Crippen molar-refractivity contribution in [2.45, 2.75) is 178 Å². The number of aliphatic carboxylic acids is 3. The van der Waals surface area contributed by atoms with E-state index >= 15 is 0 Å². The predicted molar refractivity (Wildman–Crippen MR) is 260 cm³/mol. The first-order valence-corrected chi connectivity index (χ1v) is 24.1. The maximum absolute atomic E-state index is 12.6. The number of nitrogens with two attached hydrogens (primary N) is 2. The molecule has 12 N–H and O–H groups in total. The molecule has 69 heavy (non-hydrogen) atoms. The van der Waals surface area contributed by atoms with Gasteiger partial charge in [-0.3, -0.25) is 24.0 Å². The van der Waals surface area contributed by atoms with E-state index in [0.29, 0.717) is 58.1 Å². The van der Waals surface area contributed by atoms with Crippen LogP contribution in [-0.4, -0.2) is 126 Å². The summed E-state index contributed by atoms with van der Waals surface area (Å²) in [6, 6.07) is 2.02. The number of allylic oxidation sites excluding steroid dienone is 1. The molecule has 1 aromatic carbocycles. The van der Waals surface area contributed by atoms with Crippen LogP contribution in [0.1, 0.15) is 154 Å². The highest BCUT2D eigenvalue weighted by molar-refractivity contribution is 6.59. The number of amides is 5. The van der Waals surface area contributed by atoms with Gasteiger partial charge in [-0.1, -0.05) is 69.2 Å². The normalized spacial score (nSPS) is 13.1. The van der Waals surface area contributed by atoms with E-state index in [4.69, 9.17) is 24.1 Å². The Balaban J connectivity index is 2.27. The molecule has 21 heteroatoms. The summed E-state index contributed by atoms with van der Waals surface area (Å²) in [5.74, 6) is -6.34. The lowest BCUT2D eigenvalue weighted by Crippen LogP contribution is -2.45. The first-order chi connectivity index (χ1) is 32.8. The summed E-state index contributed by atoms with van der Waals surface area (Å²) >= 11 is 0. The maximum atomic E-state index is 12.6. The Bertz CT molecular complexity index is 1800. The van der Waals surface area contributed by atoms with E-state index in [1.807, 2.05) is 31.2 Å². The Morgan fingerprint density at radius 2 is 0.942 bits per heavy atom. The highest BCUT2D eigenvalue weighted by Gasteiger charge is 2.26. The highest BCUT2D eigenvalue weighted by Crippen LogP contribution is 2.18. The largest absolute Gasteiger partial charge is 0.494 e. The minimum absolute atomic E-state index is 0.119. The molecule has 0 bridgehead atoms. The summed E-state index contributed by atoms with van der Waals surface area (Å²) in [5, 5.41) is 41.1. The number of benzene rings is 1. The van der Waals surface area contributed by atoms with E-state index < -0.39 is 96.7 Å². The van der Waals surface area contributed by atoms with Crippen LogP contribution in [0.5, 0.6) is 5.75 Å². The van der Waals surface area contributed by atoms with Crippen molar-refractivity contribution < 1.29 is 63.2 Å². The van der Waals surface area contributed by atoms with Gasteiger partial charge in [0, 0.05) is 38.8 Å². The van der Waals surface area contributed by atoms with Crippen molar-refractivity contribution in [3.8, 4) is 5.75 Å². The SMILES string of the molecule is [B]C(=O)[C@@H](N)CCCCNC(=O)[C@@H](N)CCCCNC(=O)CC[C@H](NC(=O)CC[C@H](NC(=O)CC[C@H](NC(=O)CCCCCCCCCCCOc1ccc(C(=C)C)cc1)C(=O)O)C(=O)O)C(=O)O. The van der Waals surface area contributed by atoms with E-state index in [-0.39, 0.29) is 38.1 Å². The molecule has 0 saturated carbocycles. The van der Waals surface area contributed by atoms with Crippen molar-refractivity contribution in [1.82, 2.24) is 26.6 Å². The summed E-state index contributed by atoms with van der Waals surface area (Å²) in [5.41, 5.74) is 13.0. The second-order valence-electron chi connectivity index (χ2n) is 17.3. The molecule has 0 spiro atoms. The number of carboxylic acids is 3. The number of nitrogens with one attached hydrogen (secondary N) is 5. The molecule has 0 aliphatic carbocycles. The standard InChI is InChI=1S/C48H76BN7O13/c1-32(2)33-19-21-34(22-20-33)69-31-15-9-7-5-3-4-6-8-10-18-41(58)54-38(47(65)66)24-27-43(60)56-39(48(67)68)25-28-42(59)55-37(46(63)64)23-26-40(57)52-29-13-12-17-36(51)45(62)53-30-14-11-16-35(50)44(49)61/h19-22,35-39H,1,3-18,23-31,50-51H2,2H3,(H,52,57)(H,53,62)(H,54,58)(H,55,59)(H,56,60)(H,63,64)(H,65,66)(H,67,68)/t35-,36-,37-,38-,39-/m0/s1. The molecule has 0 aliphatic heterocycles. The van der Waals surface area contributed by atoms with Gasteiger partial charge in [0.15, 0.2) is 7.85 Å². The Morgan fingerprint density at radius 1 is 0.536 bits per heavy atom. The Morgan fingerprint density at radius 3 is 1.39 bits per heavy atom. The van der Waals surface area contributed by atoms with Crippen molar-refractivity contribution in [3.05, 3.63) is 36.4 Å². The zero-order valence-corrected chi connectivity index (χ0v) is 40.2. The van der Waals surface area contributed by atoms with Gasteiger partial charge < -0.3 is 62.9 Å². The van der Waals surface area contributed by atoms with Gasteiger partial charge in [-0.15, -0.1) is 0 Å². The van der Waals surface area contributed by atoms with Gasteiger partial charge in [0.2, 0.25) is 29.5 Å². The van der Waals surface area contributed by atoms with Crippen molar-refractivity contribution >= 4 is 66.5 Å². The fraction of sp³-hybridized carbons (Fsp3) is 0.646. The van der Waals surface area contributed by atoms with Crippen LogP contribution in [0.2, 0.25) is 0 Å². The molecule has 0 aliphatic rings. The average molecular weight is 970 g/mol. The maximum Gasteiger partial charge on any atom is 0.326 e. The fourth-order valence-electron chi connectivity index (χ4n) is 6.96. The van der Waals surface area contributed by atoms with Crippen molar-refractivity contribution in [2.24, 2.45) is 11.5 Å². The van der Waals surface area contributed by atoms with Crippen LogP contribution < -0.4 is 42.8 Å². The van der Waals surface area contributed by atoms with Gasteiger partial charge in [0.05, 0.1) is 24.4 Å². The van der Waals surface area contributed by atoms with Gasteiger partial charge >= 0.3 is 17.9 Å². The van der Waals surface area contributed by atoms with Gasteiger partial charge in [-0.25, -0.2) is 14.4 Å². The summed E-state index contributed by atoms with van der Waals surface area (Å²) < 4.78 is 5.80. The molecule has 384 valence electrons. The average Bonchev–Trinajstić information content (AvgIpc) is 3.29. The zero-order chi connectivity index (χ0) is 51.6. The summed E-state index contributed by atoms with van der Waals surface area (Å²) in [7, 11) is 5.11. The molecular formula is C48H76BN7O13. The lowest BCUT2D eigenvalue weighted by molar-refractivity contribution is -0.144. The predicted octanol–water partition coefficient (Wildman–Crippen LogP) is 2.97. The van der Waals surface area contributed by atoms with Crippen molar-refractivity contribution in [2.75, 3.05) is 19.7 Å². The number of rotatable bonds is 41. The molecule has 0 saturated heterocycles. The molecule has 1 rings (SSSR count). The third kappa shape index (κ3) is 30.3. The minimum Gasteiger partial charge on any atom is -0.494 e. The first-order valence-electron chi connectivity index (χ1n) is 24.1. The molecule has 5 atom stereocenters. The second kappa shape index (κ2) is 36.2. The monoisotopic (exact) mass is 970 g/mol. The lowest BCUT2D eigenvalue weighted by Gasteiger charge is -2.18. The van der Waals surface area contributed by atoms with Crippen LogP contribution in [0, 0.1) is 0 Å². The Hall–Kier alpha value is -5.83. The van der Waals surface area contributed by atoms with Crippen LogP contribution in [-0.2, 0) is 43.2 Å². The number of hydrogen-bond donors (Lipinski definition) is 10. The van der Waals surface area contributed by atoms with Gasteiger partial charge in [0.25, 0.3) is 0 Å². The van der Waals surface area contributed by atoms with E-state index in [9.17, 15) is 58.5 Å². The second-order valence-corrected chi connectivity index (χ2v) is 17.3. The van der Waals surface area contributed by atoms with E-state index in [1.165, 1.54) is 0 Å². The first kappa shape index (κ1) is 61.2. The molecule has 20 nitrogen and oxygen atoms in total. The zero-order valence-electron chi connectivity index (χ0n) is 40.2. The van der Waals surface area contributed by atoms with E-state index in [1.54, 1.807) is 0 Å². The van der Waals surface area contributed by atoms with Crippen LogP contribution in [0.15, 0.2) is 30.8 Å².